The van der Waals surface area contributed by atoms with E-state index in [0.29, 0.717) is 19.4 Å². The standard InChI is InChI=1S/C43H82INO7/c1-4-6-8-10-13-22-30-40(31-23-14-11-9-7-5-2)51-43(49)39(3)29-21-16-19-27-35-45(36-37-46)34-26-18-12-15-24-32-41(47)50-38-28-20-17-25-33-42(48)52-44/h39-40,46H,4-38H2,1-3H3. The van der Waals surface area contributed by atoms with Crippen molar-refractivity contribution in [3.05, 3.63) is 0 Å². The number of hydrogen-bond acceptors (Lipinski definition) is 8. The summed E-state index contributed by atoms with van der Waals surface area (Å²) in [5, 5.41) is 9.56. The van der Waals surface area contributed by atoms with Crippen LogP contribution in [0.25, 0.3) is 0 Å². The number of esters is 2. The molecule has 1 atom stereocenters. The first-order chi connectivity index (χ1) is 25.4. The highest BCUT2D eigenvalue weighted by Gasteiger charge is 2.19. The minimum atomic E-state index is -0.181. The minimum Gasteiger partial charge on any atom is -0.466 e. The smallest absolute Gasteiger partial charge is 0.315 e. The Morgan fingerprint density at radius 1 is 0.558 bits per heavy atom. The lowest BCUT2D eigenvalue weighted by molar-refractivity contribution is -0.154. The van der Waals surface area contributed by atoms with E-state index >= 15 is 0 Å². The molecule has 0 saturated heterocycles. The topological polar surface area (TPSA) is 102 Å². The van der Waals surface area contributed by atoms with Crippen LogP contribution in [0.1, 0.15) is 213 Å². The molecule has 0 amide bonds. The molecule has 0 heterocycles. The summed E-state index contributed by atoms with van der Waals surface area (Å²) < 4.78 is 16.1. The SMILES string of the molecule is CCCCCCCCC(CCCCCCCC)OC(=O)C(C)CCCCCCN(CCO)CCCCCCCC(=O)OCCCCCCC(=O)OI. The number of unbranched alkanes of at least 4 members (excludes halogenated alkanes) is 20. The third kappa shape index (κ3) is 34.8. The first-order valence-corrected chi connectivity index (χ1v) is 22.8. The minimum absolute atomic E-state index is 0.00707. The van der Waals surface area contributed by atoms with Crippen LogP contribution in [0.5, 0.6) is 0 Å². The highest BCUT2D eigenvalue weighted by Crippen LogP contribution is 2.20. The van der Waals surface area contributed by atoms with Gasteiger partial charge in [-0.1, -0.05) is 136 Å². The van der Waals surface area contributed by atoms with Gasteiger partial charge >= 0.3 is 17.9 Å². The van der Waals surface area contributed by atoms with Crippen LogP contribution in [0.2, 0.25) is 0 Å². The predicted octanol–water partition coefficient (Wildman–Crippen LogP) is 12.0. The molecular formula is C43H82INO7. The molecule has 308 valence electrons. The van der Waals surface area contributed by atoms with Gasteiger partial charge in [-0.15, -0.1) is 0 Å². The van der Waals surface area contributed by atoms with Crippen molar-refractivity contribution < 1.29 is 32.0 Å². The van der Waals surface area contributed by atoms with Gasteiger partial charge in [-0.25, -0.2) is 0 Å². The van der Waals surface area contributed by atoms with Gasteiger partial charge in [0.2, 0.25) is 0 Å². The zero-order valence-corrected chi connectivity index (χ0v) is 36.3. The second-order valence-electron chi connectivity index (χ2n) is 15.2. The summed E-state index contributed by atoms with van der Waals surface area (Å²) in [5.74, 6) is -0.315. The molecule has 1 unspecified atom stereocenters. The number of halogens is 1. The van der Waals surface area contributed by atoms with Crippen LogP contribution in [0.4, 0.5) is 0 Å². The van der Waals surface area contributed by atoms with E-state index in [9.17, 15) is 19.5 Å². The fourth-order valence-electron chi connectivity index (χ4n) is 6.74. The first kappa shape index (κ1) is 51.1. The van der Waals surface area contributed by atoms with Crippen molar-refractivity contribution in [2.24, 2.45) is 5.92 Å². The van der Waals surface area contributed by atoms with Gasteiger partial charge < -0.3 is 22.5 Å². The third-order valence-corrected chi connectivity index (χ3v) is 10.7. The number of aliphatic hydroxyl groups excluding tert-OH is 1. The van der Waals surface area contributed by atoms with Gasteiger partial charge in [-0.3, -0.25) is 14.4 Å². The fourth-order valence-corrected chi connectivity index (χ4v) is 6.96. The van der Waals surface area contributed by atoms with E-state index in [4.69, 9.17) is 9.47 Å². The summed E-state index contributed by atoms with van der Waals surface area (Å²) in [4.78, 5) is 38.5. The number of rotatable bonds is 40. The van der Waals surface area contributed by atoms with Crippen LogP contribution < -0.4 is 0 Å². The summed E-state index contributed by atoms with van der Waals surface area (Å²) in [6.45, 7) is 9.94. The van der Waals surface area contributed by atoms with Crippen LogP contribution >= 0.6 is 23.0 Å². The summed E-state index contributed by atoms with van der Waals surface area (Å²) in [5.41, 5.74) is 0. The Bertz CT molecular complexity index is 798. The maximum absolute atomic E-state index is 13.0. The van der Waals surface area contributed by atoms with Gasteiger partial charge in [0.15, 0.2) is 23.0 Å². The average molecular weight is 852 g/mol. The maximum atomic E-state index is 13.0. The summed E-state index contributed by atoms with van der Waals surface area (Å²) in [6, 6.07) is 0. The van der Waals surface area contributed by atoms with Crippen molar-refractivity contribution in [1.82, 2.24) is 4.90 Å². The number of nitrogens with zero attached hydrogens (tertiary/aromatic N) is 1. The molecular weight excluding hydrogens is 769 g/mol. The highest BCUT2D eigenvalue weighted by atomic mass is 127. The van der Waals surface area contributed by atoms with Crippen LogP contribution in [0, 0.1) is 5.92 Å². The molecule has 52 heavy (non-hydrogen) atoms. The van der Waals surface area contributed by atoms with Gasteiger partial charge in [0, 0.05) is 19.4 Å². The molecule has 0 spiro atoms. The zero-order valence-electron chi connectivity index (χ0n) is 34.1. The van der Waals surface area contributed by atoms with Crippen molar-refractivity contribution in [2.45, 2.75) is 219 Å². The number of ether oxygens (including phenoxy) is 2. The number of carbonyl (C=O) groups is 3. The highest BCUT2D eigenvalue weighted by molar-refractivity contribution is 14.1. The van der Waals surface area contributed by atoms with Crippen molar-refractivity contribution in [2.75, 3.05) is 32.8 Å². The van der Waals surface area contributed by atoms with E-state index < -0.39 is 0 Å². The Balaban J connectivity index is 4.06. The molecule has 0 aliphatic heterocycles. The molecule has 0 saturated carbocycles. The predicted molar refractivity (Wildman–Crippen MR) is 223 cm³/mol. The molecule has 0 aromatic rings. The Morgan fingerprint density at radius 2 is 1.00 bits per heavy atom. The maximum Gasteiger partial charge on any atom is 0.315 e. The lowest BCUT2D eigenvalue weighted by atomic mass is 10.0. The van der Waals surface area contributed by atoms with E-state index in [-0.39, 0.29) is 36.5 Å². The molecule has 0 fully saturated rings. The summed E-state index contributed by atoms with van der Waals surface area (Å²) in [6.07, 6.45) is 32.5. The second kappa shape index (κ2) is 39.7. The van der Waals surface area contributed by atoms with Crippen molar-refractivity contribution in [3.8, 4) is 0 Å². The van der Waals surface area contributed by atoms with Crippen molar-refractivity contribution in [1.29, 1.82) is 0 Å². The Hall–Kier alpha value is -0.940. The van der Waals surface area contributed by atoms with Gasteiger partial charge in [-0.05, 0) is 77.3 Å². The van der Waals surface area contributed by atoms with Gasteiger partial charge in [0.05, 0.1) is 19.1 Å². The molecule has 0 aliphatic rings. The van der Waals surface area contributed by atoms with Crippen LogP contribution in [-0.2, 0) is 26.9 Å². The quantitative estimate of drug-likeness (QED) is 0.0369. The lowest BCUT2D eigenvalue weighted by Gasteiger charge is -2.21. The van der Waals surface area contributed by atoms with Gasteiger partial charge in [0.1, 0.15) is 6.10 Å². The van der Waals surface area contributed by atoms with Crippen LogP contribution in [0.15, 0.2) is 0 Å². The fraction of sp³-hybridized carbons (Fsp3) is 0.930. The number of aliphatic hydroxyl groups is 1. The van der Waals surface area contributed by atoms with E-state index in [1.807, 2.05) is 6.92 Å². The van der Waals surface area contributed by atoms with E-state index in [1.54, 1.807) is 23.0 Å². The monoisotopic (exact) mass is 852 g/mol. The van der Waals surface area contributed by atoms with E-state index in [1.165, 1.54) is 77.0 Å². The second-order valence-corrected chi connectivity index (χ2v) is 15.6. The lowest BCUT2D eigenvalue weighted by Crippen LogP contribution is -2.29. The van der Waals surface area contributed by atoms with Gasteiger partial charge in [-0.2, -0.15) is 0 Å². The summed E-state index contributed by atoms with van der Waals surface area (Å²) in [7, 11) is 0. The largest absolute Gasteiger partial charge is 0.466 e. The van der Waals surface area contributed by atoms with Crippen molar-refractivity contribution >= 4 is 40.9 Å². The van der Waals surface area contributed by atoms with Crippen molar-refractivity contribution in [3.63, 3.8) is 0 Å². The first-order valence-electron chi connectivity index (χ1n) is 21.9. The molecule has 0 aliphatic carbocycles. The molecule has 0 radical (unpaired) electrons. The summed E-state index contributed by atoms with van der Waals surface area (Å²) >= 11 is 1.61. The average Bonchev–Trinajstić information content (AvgIpc) is 3.14. The molecule has 0 aromatic heterocycles. The molecule has 9 heteroatoms. The number of hydrogen-bond donors (Lipinski definition) is 1. The Labute approximate surface area is 334 Å². The Morgan fingerprint density at radius 3 is 1.52 bits per heavy atom. The van der Waals surface area contributed by atoms with Gasteiger partial charge in [0.25, 0.3) is 0 Å². The third-order valence-electron chi connectivity index (χ3n) is 10.2. The number of carbonyl (C=O) groups excluding carboxylic acids is 3. The Kier molecular flexibility index (Phi) is 39.0. The van der Waals surface area contributed by atoms with Crippen LogP contribution in [0.3, 0.4) is 0 Å². The zero-order chi connectivity index (χ0) is 38.3. The van der Waals surface area contributed by atoms with E-state index in [2.05, 4.69) is 21.8 Å². The van der Waals surface area contributed by atoms with Crippen LogP contribution in [-0.4, -0.2) is 66.9 Å². The molecule has 0 rings (SSSR count). The molecule has 8 nitrogen and oxygen atoms in total. The van der Waals surface area contributed by atoms with E-state index in [0.717, 1.165) is 122 Å². The molecule has 0 aromatic carbocycles. The normalized spacial score (nSPS) is 12.1. The molecule has 1 N–H and O–H groups in total. The molecule has 0 bridgehead atoms.